The van der Waals surface area contributed by atoms with Crippen LogP contribution in [0, 0.1) is 5.92 Å². The molecule has 0 spiro atoms. The Hall–Kier alpha value is -3.44. The Morgan fingerprint density at radius 3 is 2.86 bits per heavy atom. The van der Waals surface area contributed by atoms with E-state index in [0.29, 0.717) is 11.3 Å². The number of anilines is 1. The topological polar surface area (TPSA) is 137 Å². The number of halogens is 1. The molecule has 35 heavy (non-hydrogen) atoms. The van der Waals surface area contributed by atoms with Crippen molar-refractivity contribution in [2.75, 3.05) is 18.4 Å². The lowest BCUT2D eigenvalue weighted by molar-refractivity contribution is 0.0921. The summed E-state index contributed by atoms with van der Waals surface area (Å²) in [5, 5.41) is 8.97. The molecular formula is C24H26BrN7O3. The van der Waals surface area contributed by atoms with Crippen LogP contribution >= 0.6 is 15.9 Å². The summed E-state index contributed by atoms with van der Waals surface area (Å²) >= 11 is 3.43. The minimum Gasteiger partial charge on any atom is -0.488 e. The van der Waals surface area contributed by atoms with Crippen molar-refractivity contribution >= 4 is 44.7 Å². The predicted octanol–water partition coefficient (Wildman–Crippen LogP) is 3.25. The number of rotatable bonds is 6. The van der Waals surface area contributed by atoms with Crippen molar-refractivity contribution in [3.05, 3.63) is 58.6 Å². The van der Waals surface area contributed by atoms with Crippen molar-refractivity contribution in [3.63, 3.8) is 0 Å². The standard InChI is InChI=1S/C24H26BrN7O3/c1-13-5-6-14(25)11-17(13)29-22(33)20-21(28-12-27-20)23(34)32-24-30-16-3-2-4-18(19(16)31-24)35-15-7-9-26-10-8-15/h2-6,11-13,15,17,26H,7-10H2,1H3,(H,27,28)(H,29,33)(H2,30,31,32,34). The van der Waals surface area contributed by atoms with Crippen LogP contribution in [0.25, 0.3) is 11.0 Å². The van der Waals surface area contributed by atoms with Crippen LogP contribution in [0.1, 0.15) is 40.7 Å². The number of fused-ring (bicyclic) bond motifs is 1. The minimum atomic E-state index is -0.551. The maximum Gasteiger partial charge on any atom is 0.279 e. The highest BCUT2D eigenvalue weighted by atomic mass is 79.9. The number of carbonyl (C=O) groups excluding carboxylic acids is 2. The fourth-order valence-electron chi connectivity index (χ4n) is 4.20. The molecule has 2 aromatic heterocycles. The van der Waals surface area contributed by atoms with E-state index in [1.54, 1.807) is 0 Å². The lowest BCUT2D eigenvalue weighted by Gasteiger charge is -2.23. The van der Waals surface area contributed by atoms with Crippen LogP contribution in [0.4, 0.5) is 5.95 Å². The number of ether oxygens (including phenoxy) is 1. The van der Waals surface area contributed by atoms with Gasteiger partial charge in [0.15, 0.2) is 5.69 Å². The quantitative estimate of drug-likeness (QED) is 0.326. The molecule has 1 fully saturated rings. The summed E-state index contributed by atoms with van der Waals surface area (Å²) in [4.78, 5) is 40.4. The molecule has 0 saturated carbocycles. The molecule has 182 valence electrons. The first-order valence-corrected chi connectivity index (χ1v) is 12.3. The van der Waals surface area contributed by atoms with Gasteiger partial charge in [0.2, 0.25) is 5.95 Å². The number of benzene rings is 1. The molecule has 1 aromatic carbocycles. The van der Waals surface area contributed by atoms with Crippen LogP contribution in [0.2, 0.25) is 0 Å². The molecule has 5 rings (SSSR count). The first-order valence-electron chi connectivity index (χ1n) is 11.5. The molecule has 0 bridgehead atoms. The molecule has 11 heteroatoms. The van der Waals surface area contributed by atoms with E-state index in [0.717, 1.165) is 35.9 Å². The minimum absolute atomic E-state index is 0.0174. The summed E-state index contributed by atoms with van der Waals surface area (Å²) in [5.41, 5.74) is 1.44. The molecule has 0 radical (unpaired) electrons. The van der Waals surface area contributed by atoms with Crippen molar-refractivity contribution in [2.45, 2.75) is 31.9 Å². The highest BCUT2D eigenvalue weighted by Crippen LogP contribution is 2.27. The Labute approximate surface area is 210 Å². The Balaban J connectivity index is 1.30. The number of imidazole rings is 2. The number of allylic oxidation sites excluding steroid dienone is 2. The van der Waals surface area contributed by atoms with Gasteiger partial charge < -0.3 is 25.3 Å². The zero-order valence-corrected chi connectivity index (χ0v) is 20.7. The van der Waals surface area contributed by atoms with Crippen LogP contribution < -0.4 is 20.7 Å². The van der Waals surface area contributed by atoms with Crippen molar-refractivity contribution in [1.82, 2.24) is 30.6 Å². The number of hydrogen-bond acceptors (Lipinski definition) is 6. The number of carbonyl (C=O) groups is 2. The Kier molecular flexibility index (Phi) is 6.69. The second kappa shape index (κ2) is 10.0. The van der Waals surface area contributed by atoms with Gasteiger partial charge in [-0.2, -0.15) is 0 Å². The van der Waals surface area contributed by atoms with E-state index >= 15 is 0 Å². The van der Waals surface area contributed by atoms with Crippen LogP contribution in [0.15, 0.2) is 47.2 Å². The predicted molar refractivity (Wildman–Crippen MR) is 136 cm³/mol. The van der Waals surface area contributed by atoms with E-state index < -0.39 is 11.8 Å². The van der Waals surface area contributed by atoms with Crippen LogP contribution in [0.3, 0.4) is 0 Å². The van der Waals surface area contributed by atoms with Crippen molar-refractivity contribution in [1.29, 1.82) is 0 Å². The zero-order valence-electron chi connectivity index (χ0n) is 19.1. The van der Waals surface area contributed by atoms with E-state index in [1.165, 1.54) is 6.33 Å². The number of nitrogens with one attached hydrogen (secondary N) is 5. The first kappa shape index (κ1) is 23.3. The van der Waals surface area contributed by atoms with Crippen LogP contribution in [-0.4, -0.2) is 57.0 Å². The molecule has 10 nitrogen and oxygen atoms in total. The third-order valence-corrected chi connectivity index (χ3v) is 6.66. The normalized spacial score (nSPS) is 20.5. The van der Waals surface area contributed by atoms with Gasteiger partial charge in [0.05, 0.1) is 17.9 Å². The number of amides is 2. The lowest BCUT2D eigenvalue weighted by atomic mass is 9.97. The van der Waals surface area contributed by atoms with Crippen molar-refractivity contribution in [2.24, 2.45) is 5.92 Å². The summed E-state index contributed by atoms with van der Waals surface area (Å²) < 4.78 is 7.07. The summed E-state index contributed by atoms with van der Waals surface area (Å²) in [6.45, 7) is 3.85. The summed E-state index contributed by atoms with van der Waals surface area (Å²) in [6, 6.07) is 5.41. The molecule has 3 heterocycles. The van der Waals surface area contributed by atoms with Gasteiger partial charge >= 0.3 is 0 Å². The van der Waals surface area contributed by atoms with E-state index in [9.17, 15) is 9.59 Å². The van der Waals surface area contributed by atoms with Gasteiger partial charge in [0.25, 0.3) is 11.8 Å². The second-order valence-electron chi connectivity index (χ2n) is 8.65. The molecule has 2 aliphatic rings. The molecule has 3 aromatic rings. The zero-order chi connectivity index (χ0) is 24.4. The monoisotopic (exact) mass is 539 g/mol. The first-order chi connectivity index (χ1) is 17.0. The van der Waals surface area contributed by atoms with Gasteiger partial charge in [-0.1, -0.05) is 41.1 Å². The molecule has 1 aliphatic heterocycles. The number of para-hydroxylation sites is 1. The Morgan fingerprint density at radius 1 is 1.20 bits per heavy atom. The van der Waals surface area contributed by atoms with E-state index in [-0.39, 0.29) is 35.4 Å². The van der Waals surface area contributed by atoms with Crippen molar-refractivity contribution in [3.8, 4) is 5.75 Å². The van der Waals surface area contributed by atoms with Crippen LogP contribution in [0.5, 0.6) is 5.75 Å². The highest BCUT2D eigenvalue weighted by Gasteiger charge is 2.25. The SMILES string of the molecule is CC1C=CC(Br)=CC1NC(=O)c1[nH]cnc1C(=O)Nc1nc2c(OC3CCNCC3)cccc2[nH]1. The number of aromatic nitrogens is 4. The average Bonchev–Trinajstić information content (AvgIpc) is 3.50. The molecule has 1 saturated heterocycles. The molecule has 2 atom stereocenters. The van der Waals surface area contributed by atoms with E-state index in [1.807, 2.05) is 43.4 Å². The molecule has 2 amide bonds. The summed E-state index contributed by atoms with van der Waals surface area (Å²) in [7, 11) is 0. The molecule has 5 N–H and O–H groups in total. The van der Waals surface area contributed by atoms with Gasteiger partial charge in [-0.25, -0.2) is 9.97 Å². The number of hydrogen-bond donors (Lipinski definition) is 5. The maximum atomic E-state index is 13.0. The third-order valence-electron chi connectivity index (χ3n) is 6.13. The Morgan fingerprint density at radius 2 is 2.03 bits per heavy atom. The molecule has 1 aliphatic carbocycles. The smallest absolute Gasteiger partial charge is 0.279 e. The summed E-state index contributed by atoms with van der Waals surface area (Å²) in [5.74, 6) is 0.0555. The lowest BCUT2D eigenvalue weighted by Crippen LogP contribution is -2.39. The van der Waals surface area contributed by atoms with Gasteiger partial charge in [-0.15, -0.1) is 0 Å². The number of H-pyrrole nitrogens is 2. The van der Waals surface area contributed by atoms with Crippen molar-refractivity contribution < 1.29 is 14.3 Å². The second-order valence-corrected chi connectivity index (χ2v) is 9.57. The average molecular weight is 540 g/mol. The summed E-state index contributed by atoms with van der Waals surface area (Å²) in [6.07, 6.45) is 9.16. The van der Waals surface area contributed by atoms with Gasteiger partial charge in [-0.05, 0) is 50.1 Å². The van der Waals surface area contributed by atoms with Gasteiger partial charge in [0.1, 0.15) is 23.1 Å². The van der Waals surface area contributed by atoms with Gasteiger partial charge in [-0.3, -0.25) is 14.9 Å². The fourth-order valence-corrected chi connectivity index (χ4v) is 4.64. The number of nitrogens with zero attached hydrogens (tertiary/aromatic N) is 2. The number of aromatic amines is 2. The Bertz CT molecular complexity index is 1310. The third kappa shape index (κ3) is 5.15. The maximum absolute atomic E-state index is 13.0. The fraction of sp³-hybridized carbons (Fsp3) is 0.333. The van der Waals surface area contributed by atoms with Crippen LogP contribution in [-0.2, 0) is 0 Å². The van der Waals surface area contributed by atoms with E-state index in [2.05, 4.69) is 51.8 Å². The molecular weight excluding hydrogens is 514 g/mol. The van der Waals surface area contributed by atoms with Gasteiger partial charge in [0, 0.05) is 4.48 Å². The van der Waals surface area contributed by atoms with E-state index in [4.69, 9.17) is 4.74 Å². The molecule has 2 unspecified atom stereocenters. The number of piperidine rings is 1. The highest BCUT2D eigenvalue weighted by molar-refractivity contribution is 9.11. The largest absolute Gasteiger partial charge is 0.488 e.